The molecule has 2 unspecified atom stereocenters. The van der Waals surface area contributed by atoms with Gasteiger partial charge in [0, 0.05) is 19.5 Å². The molecule has 2 aromatic rings. The lowest BCUT2D eigenvalue weighted by atomic mass is 10.1. The molecule has 128 valence electrons. The highest BCUT2D eigenvalue weighted by molar-refractivity contribution is 5.80. The molecule has 3 rings (SSSR count). The van der Waals surface area contributed by atoms with Gasteiger partial charge in [-0.25, -0.2) is 9.67 Å². The van der Waals surface area contributed by atoms with Crippen molar-refractivity contribution >= 4 is 5.96 Å². The Bertz CT molecular complexity index is 669. The Morgan fingerprint density at radius 2 is 2.25 bits per heavy atom. The van der Waals surface area contributed by atoms with Crippen molar-refractivity contribution in [1.29, 1.82) is 0 Å². The maximum Gasteiger partial charge on any atom is 0.191 e. The molecule has 0 amide bonds. The van der Waals surface area contributed by atoms with Crippen LogP contribution in [0.4, 0.5) is 0 Å². The minimum atomic E-state index is 0.0409. The SMILES string of the molecule is CN=C(NCC(C)Oc1ccccc1)NC1CCc2ncnn2C1. The zero-order valence-electron chi connectivity index (χ0n) is 14.1. The Morgan fingerprint density at radius 1 is 1.42 bits per heavy atom. The molecule has 1 aromatic carbocycles. The Kier molecular flexibility index (Phi) is 5.30. The van der Waals surface area contributed by atoms with E-state index in [0.717, 1.165) is 36.9 Å². The Balaban J connectivity index is 1.45. The number of para-hydroxylation sites is 1. The summed E-state index contributed by atoms with van der Waals surface area (Å²) in [6, 6.07) is 10.1. The predicted octanol–water partition coefficient (Wildman–Crippen LogP) is 1.23. The second kappa shape index (κ2) is 7.81. The van der Waals surface area contributed by atoms with E-state index in [9.17, 15) is 0 Å². The molecule has 1 aliphatic rings. The zero-order valence-corrected chi connectivity index (χ0v) is 14.1. The Hall–Kier alpha value is -2.57. The van der Waals surface area contributed by atoms with Crippen molar-refractivity contribution in [1.82, 2.24) is 25.4 Å². The number of aryl methyl sites for hydroxylation is 1. The fourth-order valence-electron chi connectivity index (χ4n) is 2.76. The van der Waals surface area contributed by atoms with Crippen molar-refractivity contribution in [3.05, 3.63) is 42.5 Å². The summed E-state index contributed by atoms with van der Waals surface area (Å²) in [5.74, 6) is 2.72. The molecule has 0 bridgehead atoms. The van der Waals surface area contributed by atoms with Crippen LogP contribution in [0.3, 0.4) is 0 Å². The number of guanidine groups is 1. The van der Waals surface area contributed by atoms with Gasteiger partial charge in [-0.05, 0) is 25.5 Å². The number of hydrogen-bond acceptors (Lipinski definition) is 4. The van der Waals surface area contributed by atoms with Crippen molar-refractivity contribution in [3.8, 4) is 5.75 Å². The van der Waals surface area contributed by atoms with Crippen molar-refractivity contribution in [3.63, 3.8) is 0 Å². The lowest BCUT2D eigenvalue weighted by molar-refractivity contribution is 0.223. The molecule has 7 nitrogen and oxygen atoms in total. The van der Waals surface area contributed by atoms with E-state index >= 15 is 0 Å². The predicted molar refractivity (Wildman–Crippen MR) is 93.2 cm³/mol. The molecule has 0 radical (unpaired) electrons. The van der Waals surface area contributed by atoms with E-state index in [1.165, 1.54) is 0 Å². The van der Waals surface area contributed by atoms with Crippen LogP contribution in [0.5, 0.6) is 5.75 Å². The van der Waals surface area contributed by atoms with E-state index in [0.29, 0.717) is 12.6 Å². The average molecular weight is 328 g/mol. The standard InChI is InChI=1S/C17H24N6O/c1-13(24-15-6-4-3-5-7-15)10-19-17(18-2)22-14-8-9-16-20-12-21-23(16)11-14/h3-7,12-14H,8-11H2,1-2H3,(H2,18,19,22). The largest absolute Gasteiger partial charge is 0.489 e. The smallest absolute Gasteiger partial charge is 0.191 e. The molecule has 24 heavy (non-hydrogen) atoms. The van der Waals surface area contributed by atoms with Crippen molar-refractivity contribution in [2.45, 2.75) is 38.5 Å². The summed E-state index contributed by atoms with van der Waals surface area (Å²) in [7, 11) is 1.78. The number of nitrogens with one attached hydrogen (secondary N) is 2. The molecular formula is C17H24N6O. The van der Waals surface area contributed by atoms with Gasteiger partial charge in [0.05, 0.1) is 13.1 Å². The summed E-state index contributed by atoms with van der Waals surface area (Å²) in [4.78, 5) is 8.55. The van der Waals surface area contributed by atoms with Crippen LogP contribution in [-0.2, 0) is 13.0 Å². The maximum absolute atomic E-state index is 5.87. The molecular weight excluding hydrogens is 304 g/mol. The first-order chi connectivity index (χ1) is 11.7. The molecule has 2 N–H and O–H groups in total. The quantitative estimate of drug-likeness (QED) is 0.638. The van der Waals surface area contributed by atoms with Gasteiger partial charge < -0.3 is 15.4 Å². The molecule has 0 spiro atoms. The molecule has 0 saturated carbocycles. The Morgan fingerprint density at radius 3 is 3.04 bits per heavy atom. The van der Waals surface area contributed by atoms with E-state index in [1.54, 1.807) is 13.4 Å². The third kappa shape index (κ3) is 4.24. The minimum absolute atomic E-state index is 0.0409. The van der Waals surface area contributed by atoms with Gasteiger partial charge in [0.25, 0.3) is 0 Å². The van der Waals surface area contributed by atoms with Crippen LogP contribution < -0.4 is 15.4 Å². The van der Waals surface area contributed by atoms with Crippen molar-refractivity contribution < 1.29 is 4.74 Å². The fourth-order valence-corrected chi connectivity index (χ4v) is 2.76. The number of benzene rings is 1. The van der Waals surface area contributed by atoms with Crippen LogP contribution in [0.1, 0.15) is 19.2 Å². The molecule has 1 aliphatic heterocycles. The molecule has 0 saturated heterocycles. The summed E-state index contributed by atoms with van der Waals surface area (Å²) in [6.45, 7) is 3.53. The molecule has 7 heteroatoms. The maximum atomic E-state index is 5.87. The van der Waals surface area contributed by atoms with Gasteiger partial charge in [-0.2, -0.15) is 5.10 Å². The van der Waals surface area contributed by atoms with Gasteiger partial charge in [0.2, 0.25) is 0 Å². The number of rotatable bonds is 5. The van der Waals surface area contributed by atoms with Gasteiger partial charge >= 0.3 is 0 Å². The number of nitrogens with zero attached hydrogens (tertiary/aromatic N) is 4. The van der Waals surface area contributed by atoms with Gasteiger partial charge in [-0.15, -0.1) is 0 Å². The second-order valence-electron chi connectivity index (χ2n) is 5.93. The van der Waals surface area contributed by atoms with E-state index in [2.05, 4.69) is 25.7 Å². The number of fused-ring (bicyclic) bond motifs is 1. The van der Waals surface area contributed by atoms with Crippen LogP contribution in [0.25, 0.3) is 0 Å². The summed E-state index contributed by atoms with van der Waals surface area (Å²) in [6.07, 6.45) is 3.62. The van der Waals surface area contributed by atoms with Gasteiger partial charge in [0.15, 0.2) is 5.96 Å². The topological polar surface area (TPSA) is 76.4 Å². The van der Waals surface area contributed by atoms with E-state index in [4.69, 9.17) is 4.74 Å². The molecule has 1 aromatic heterocycles. The first kappa shape index (κ1) is 16.3. The summed E-state index contributed by atoms with van der Waals surface area (Å²) in [5.41, 5.74) is 0. The highest BCUT2D eigenvalue weighted by Gasteiger charge is 2.20. The van der Waals surface area contributed by atoms with Gasteiger partial charge in [-0.3, -0.25) is 4.99 Å². The zero-order chi connectivity index (χ0) is 16.8. The third-order valence-corrected chi connectivity index (χ3v) is 4.01. The van der Waals surface area contributed by atoms with E-state index < -0.39 is 0 Å². The highest BCUT2D eigenvalue weighted by Crippen LogP contribution is 2.12. The van der Waals surface area contributed by atoms with E-state index in [1.807, 2.05) is 41.9 Å². The van der Waals surface area contributed by atoms with Crippen LogP contribution in [0.2, 0.25) is 0 Å². The van der Waals surface area contributed by atoms with E-state index in [-0.39, 0.29) is 6.10 Å². The summed E-state index contributed by atoms with van der Waals surface area (Å²) in [5, 5.41) is 11.0. The van der Waals surface area contributed by atoms with Crippen LogP contribution in [-0.4, -0.2) is 46.5 Å². The number of ether oxygens (including phenoxy) is 1. The van der Waals surface area contributed by atoms with Gasteiger partial charge in [-0.1, -0.05) is 18.2 Å². The summed E-state index contributed by atoms with van der Waals surface area (Å²) < 4.78 is 7.82. The third-order valence-electron chi connectivity index (χ3n) is 4.01. The van der Waals surface area contributed by atoms with Crippen LogP contribution in [0.15, 0.2) is 41.7 Å². The minimum Gasteiger partial charge on any atom is -0.489 e. The monoisotopic (exact) mass is 328 g/mol. The number of hydrogen-bond donors (Lipinski definition) is 2. The Labute approximate surface area is 142 Å². The average Bonchev–Trinajstić information content (AvgIpc) is 3.07. The van der Waals surface area contributed by atoms with Crippen molar-refractivity contribution in [2.75, 3.05) is 13.6 Å². The second-order valence-corrected chi connectivity index (χ2v) is 5.93. The number of aromatic nitrogens is 3. The van der Waals surface area contributed by atoms with Crippen LogP contribution >= 0.6 is 0 Å². The molecule has 0 fully saturated rings. The normalized spacial score (nSPS) is 18.6. The molecule has 2 heterocycles. The lowest BCUT2D eigenvalue weighted by Gasteiger charge is -2.26. The van der Waals surface area contributed by atoms with Crippen molar-refractivity contribution in [2.24, 2.45) is 4.99 Å². The van der Waals surface area contributed by atoms with Crippen LogP contribution in [0, 0.1) is 0 Å². The van der Waals surface area contributed by atoms with Gasteiger partial charge in [0.1, 0.15) is 24.0 Å². The highest BCUT2D eigenvalue weighted by atomic mass is 16.5. The first-order valence-electron chi connectivity index (χ1n) is 8.30. The first-order valence-corrected chi connectivity index (χ1v) is 8.30. The number of aliphatic imine (C=N–C) groups is 1. The fraction of sp³-hybridized carbons (Fsp3) is 0.471. The summed E-state index contributed by atoms with van der Waals surface area (Å²) >= 11 is 0. The lowest BCUT2D eigenvalue weighted by Crippen LogP contribution is -2.48. The molecule has 0 aliphatic carbocycles. The molecule has 2 atom stereocenters.